The summed E-state index contributed by atoms with van der Waals surface area (Å²) in [5.41, 5.74) is 0. The number of hydrogen-bond acceptors (Lipinski definition) is 3. The Kier molecular flexibility index (Phi) is 6.62. The minimum Gasteiger partial charge on any atom is -0.481 e. The molecule has 0 bridgehead atoms. The van der Waals surface area contributed by atoms with Gasteiger partial charge in [0.15, 0.2) is 0 Å². The zero-order chi connectivity index (χ0) is 14.3. The van der Waals surface area contributed by atoms with Crippen molar-refractivity contribution in [2.75, 3.05) is 26.2 Å². The van der Waals surface area contributed by atoms with Crippen molar-refractivity contribution in [3.05, 3.63) is 0 Å². The van der Waals surface area contributed by atoms with E-state index in [-0.39, 0.29) is 18.6 Å². The van der Waals surface area contributed by atoms with E-state index < -0.39 is 5.97 Å². The van der Waals surface area contributed by atoms with Crippen molar-refractivity contribution in [2.45, 2.75) is 39.2 Å². The lowest BCUT2D eigenvalue weighted by Crippen LogP contribution is -2.49. The quantitative estimate of drug-likeness (QED) is 0.764. The topological polar surface area (TPSA) is 78.9 Å². The molecular formula is C13H24N2O4. The van der Waals surface area contributed by atoms with Crippen molar-refractivity contribution >= 4 is 12.0 Å². The van der Waals surface area contributed by atoms with E-state index in [1.54, 1.807) is 4.90 Å². The smallest absolute Gasteiger partial charge is 0.317 e. The first-order valence-corrected chi connectivity index (χ1v) is 6.85. The van der Waals surface area contributed by atoms with Gasteiger partial charge in [0.25, 0.3) is 0 Å². The van der Waals surface area contributed by atoms with Crippen LogP contribution >= 0.6 is 0 Å². The van der Waals surface area contributed by atoms with Crippen molar-refractivity contribution in [3.63, 3.8) is 0 Å². The molecule has 6 nitrogen and oxygen atoms in total. The van der Waals surface area contributed by atoms with E-state index >= 15 is 0 Å². The van der Waals surface area contributed by atoms with E-state index in [2.05, 4.69) is 5.32 Å². The molecule has 0 aromatic rings. The average molecular weight is 272 g/mol. The standard InChI is InChI=1S/C13H24N2O4/c1-10(3-4-12(16)17)5-6-14-13(18)15-7-8-19-11(2)9-15/h10-11H,3-9H2,1-2H3,(H,14,18)(H,16,17). The van der Waals surface area contributed by atoms with E-state index in [1.165, 1.54) is 0 Å². The summed E-state index contributed by atoms with van der Waals surface area (Å²) >= 11 is 0. The van der Waals surface area contributed by atoms with Crippen LogP contribution in [0.4, 0.5) is 4.79 Å². The third-order valence-corrected chi connectivity index (χ3v) is 3.29. The predicted molar refractivity (Wildman–Crippen MR) is 71.0 cm³/mol. The molecule has 2 atom stereocenters. The van der Waals surface area contributed by atoms with Crippen LogP contribution in [0.5, 0.6) is 0 Å². The fourth-order valence-corrected chi connectivity index (χ4v) is 2.05. The average Bonchev–Trinajstić information content (AvgIpc) is 2.36. The molecule has 2 unspecified atom stereocenters. The van der Waals surface area contributed by atoms with Crippen LogP contribution < -0.4 is 5.32 Å². The molecule has 1 saturated heterocycles. The zero-order valence-corrected chi connectivity index (χ0v) is 11.7. The minimum atomic E-state index is -0.766. The lowest BCUT2D eigenvalue weighted by Gasteiger charge is -2.31. The number of carboxylic acid groups (broad SMARTS) is 1. The molecule has 0 aromatic carbocycles. The van der Waals surface area contributed by atoms with E-state index in [0.717, 1.165) is 6.42 Å². The molecule has 1 heterocycles. The van der Waals surface area contributed by atoms with Crippen LogP contribution in [0, 0.1) is 5.92 Å². The highest BCUT2D eigenvalue weighted by molar-refractivity contribution is 5.74. The number of nitrogens with one attached hydrogen (secondary N) is 1. The van der Waals surface area contributed by atoms with Crippen molar-refractivity contribution in [2.24, 2.45) is 5.92 Å². The summed E-state index contributed by atoms with van der Waals surface area (Å²) in [5.74, 6) is -0.460. The number of aliphatic carboxylic acids is 1. The van der Waals surface area contributed by atoms with Gasteiger partial charge in [0, 0.05) is 26.1 Å². The molecule has 0 radical (unpaired) electrons. The fraction of sp³-hybridized carbons (Fsp3) is 0.846. The second kappa shape index (κ2) is 7.99. The van der Waals surface area contributed by atoms with Crippen LogP contribution in [0.3, 0.4) is 0 Å². The van der Waals surface area contributed by atoms with E-state index in [0.29, 0.717) is 38.6 Å². The van der Waals surface area contributed by atoms with Crippen molar-refractivity contribution in [3.8, 4) is 0 Å². The van der Waals surface area contributed by atoms with Crippen LogP contribution in [-0.4, -0.2) is 54.4 Å². The van der Waals surface area contributed by atoms with Gasteiger partial charge >= 0.3 is 12.0 Å². The number of amides is 2. The highest BCUT2D eigenvalue weighted by Crippen LogP contribution is 2.09. The maximum absolute atomic E-state index is 11.9. The molecule has 0 aromatic heterocycles. The molecule has 0 aliphatic carbocycles. The third kappa shape index (κ3) is 6.42. The molecule has 1 aliphatic heterocycles. The van der Waals surface area contributed by atoms with Gasteiger partial charge in [0.05, 0.1) is 12.7 Å². The molecule has 0 spiro atoms. The lowest BCUT2D eigenvalue weighted by atomic mass is 10.0. The number of carboxylic acids is 1. The molecule has 1 aliphatic rings. The van der Waals surface area contributed by atoms with Crippen molar-refractivity contribution in [1.82, 2.24) is 10.2 Å². The highest BCUT2D eigenvalue weighted by atomic mass is 16.5. The van der Waals surface area contributed by atoms with Gasteiger partial charge in [0.2, 0.25) is 0 Å². The van der Waals surface area contributed by atoms with Crippen LogP contribution in [0.1, 0.15) is 33.1 Å². The van der Waals surface area contributed by atoms with E-state index in [4.69, 9.17) is 9.84 Å². The number of urea groups is 1. The molecule has 6 heteroatoms. The van der Waals surface area contributed by atoms with Gasteiger partial charge in [-0.15, -0.1) is 0 Å². The highest BCUT2D eigenvalue weighted by Gasteiger charge is 2.20. The van der Waals surface area contributed by atoms with Crippen LogP contribution in [-0.2, 0) is 9.53 Å². The second-order valence-corrected chi connectivity index (χ2v) is 5.19. The molecule has 1 fully saturated rings. The number of hydrogen-bond donors (Lipinski definition) is 2. The Balaban J connectivity index is 2.14. The van der Waals surface area contributed by atoms with Gasteiger partial charge in [-0.25, -0.2) is 4.79 Å². The number of carbonyl (C=O) groups is 2. The Labute approximate surface area is 114 Å². The Hall–Kier alpha value is -1.30. The van der Waals surface area contributed by atoms with Gasteiger partial charge in [-0.1, -0.05) is 6.92 Å². The van der Waals surface area contributed by atoms with Crippen molar-refractivity contribution < 1.29 is 19.4 Å². The van der Waals surface area contributed by atoms with Crippen LogP contribution in [0.15, 0.2) is 0 Å². The molecule has 0 saturated carbocycles. The number of carbonyl (C=O) groups excluding carboxylic acids is 1. The maximum Gasteiger partial charge on any atom is 0.317 e. The number of nitrogens with zero attached hydrogens (tertiary/aromatic N) is 1. The van der Waals surface area contributed by atoms with Gasteiger partial charge in [0.1, 0.15) is 0 Å². The van der Waals surface area contributed by atoms with E-state index in [9.17, 15) is 9.59 Å². The molecule has 110 valence electrons. The summed E-state index contributed by atoms with van der Waals surface area (Å²) in [6.07, 6.45) is 1.74. The normalized spacial score (nSPS) is 20.9. The summed E-state index contributed by atoms with van der Waals surface area (Å²) in [5, 5.41) is 11.5. The Morgan fingerprint density at radius 3 is 2.84 bits per heavy atom. The Morgan fingerprint density at radius 1 is 1.47 bits per heavy atom. The maximum atomic E-state index is 11.9. The summed E-state index contributed by atoms with van der Waals surface area (Å²) < 4.78 is 5.38. The zero-order valence-electron chi connectivity index (χ0n) is 11.7. The molecule has 19 heavy (non-hydrogen) atoms. The second-order valence-electron chi connectivity index (χ2n) is 5.19. The Bertz CT molecular complexity index is 309. The third-order valence-electron chi connectivity index (χ3n) is 3.29. The summed E-state index contributed by atoms with van der Waals surface area (Å²) in [4.78, 5) is 24.1. The predicted octanol–water partition coefficient (Wildman–Crippen LogP) is 1.31. The fourth-order valence-electron chi connectivity index (χ4n) is 2.05. The monoisotopic (exact) mass is 272 g/mol. The molecule has 2 N–H and O–H groups in total. The molecular weight excluding hydrogens is 248 g/mol. The van der Waals surface area contributed by atoms with Gasteiger partial charge in [-0.3, -0.25) is 4.79 Å². The molecule has 2 amide bonds. The SMILES string of the molecule is CC(CCNC(=O)N1CCOC(C)C1)CCC(=O)O. The first kappa shape index (κ1) is 15.8. The Morgan fingerprint density at radius 2 is 2.21 bits per heavy atom. The van der Waals surface area contributed by atoms with Gasteiger partial charge in [-0.05, 0) is 25.7 Å². The van der Waals surface area contributed by atoms with Crippen LogP contribution in [0.2, 0.25) is 0 Å². The van der Waals surface area contributed by atoms with Crippen molar-refractivity contribution in [1.29, 1.82) is 0 Å². The van der Waals surface area contributed by atoms with E-state index in [1.807, 2.05) is 13.8 Å². The number of rotatable bonds is 6. The molecule has 1 rings (SSSR count). The largest absolute Gasteiger partial charge is 0.481 e. The van der Waals surface area contributed by atoms with Gasteiger partial charge in [-0.2, -0.15) is 0 Å². The minimum absolute atomic E-state index is 0.0550. The van der Waals surface area contributed by atoms with Gasteiger partial charge < -0.3 is 20.1 Å². The summed E-state index contributed by atoms with van der Waals surface area (Å²) in [6, 6.07) is -0.0550. The first-order valence-electron chi connectivity index (χ1n) is 6.85. The first-order chi connectivity index (χ1) is 8.99. The number of morpholine rings is 1. The van der Waals surface area contributed by atoms with Crippen LogP contribution in [0.25, 0.3) is 0 Å². The lowest BCUT2D eigenvalue weighted by molar-refractivity contribution is -0.137. The number of ether oxygens (including phenoxy) is 1. The summed E-state index contributed by atoms with van der Waals surface area (Å²) in [6.45, 7) is 6.39. The summed E-state index contributed by atoms with van der Waals surface area (Å²) in [7, 11) is 0.